The molecule has 0 fully saturated rings. The van der Waals surface area contributed by atoms with Crippen molar-refractivity contribution in [3.8, 4) is 39.6 Å². The van der Waals surface area contributed by atoms with E-state index in [4.69, 9.17) is 19.9 Å². The van der Waals surface area contributed by atoms with Gasteiger partial charge in [-0.25, -0.2) is 19.9 Å². The predicted molar refractivity (Wildman–Crippen MR) is 213 cm³/mol. The van der Waals surface area contributed by atoms with E-state index in [1.165, 1.54) is 16.7 Å². The average molecular weight is 682 g/mol. The van der Waals surface area contributed by atoms with Crippen molar-refractivity contribution in [1.82, 2.24) is 24.5 Å². The fraction of sp³-hybridized carbons (Fsp3) is 0.0833. The molecular formula is C48H35N5. The lowest BCUT2D eigenvalue weighted by Crippen LogP contribution is -2.29. The SMILES string of the molecule is CC1(c2nc(-c3ccccc3)nc(-c3cccc(-c4ccc5c(c4)nc4n5-c5ccccc5C4(c4ccccc4)c4ccccc4)c3)n2)C=CC=CC1. The molecule has 1 atom stereocenters. The van der Waals surface area contributed by atoms with Gasteiger partial charge >= 0.3 is 0 Å². The molecule has 0 N–H and O–H groups in total. The summed E-state index contributed by atoms with van der Waals surface area (Å²) in [5, 5.41) is 0. The van der Waals surface area contributed by atoms with Crippen LogP contribution in [0.25, 0.3) is 50.6 Å². The Morgan fingerprint density at radius 1 is 0.528 bits per heavy atom. The lowest BCUT2D eigenvalue weighted by molar-refractivity contribution is 0.554. The highest BCUT2D eigenvalue weighted by Gasteiger charge is 2.49. The number of benzene rings is 6. The molecule has 3 heterocycles. The number of fused-ring (bicyclic) bond motifs is 5. The van der Waals surface area contributed by atoms with E-state index in [-0.39, 0.29) is 5.41 Å². The zero-order valence-corrected chi connectivity index (χ0v) is 29.3. The molecule has 0 bridgehead atoms. The van der Waals surface area contributed by atoms with Crippen molar-refractivity contribution in [1.29, 1.82) is 0 Å². The minimum Gasteiger partial charge on any atom is -0.295 e. The number of aromatic nitrogens is 5. The van der Waals surface area contributed by atoms with Gasteiger partial charge in [0.25, 0.3) is 0 Å². The van der Waals surface area contributed by atoms with E-state index in [1.54, 1.807) is 0 Å². The van der Waals surface area contributed by atoms with Crippen LogP contribution in [0.1, 0.15) is 41.7 Å². The second-order valence-electron chi connectivity index (χ2n) is 14.1. The van der Waals surface area contributed by atoms with Crippen molar-refractivity contribution in [2.45, 2.75) is 24.2 Å². The van der Waals surface area contributed by atoms with Gasteiger partial charge in [-0.1, -0.05) is 158 Å². The van der Waals surface area contributed by atoms with Crippen molar-refractivity contribution >= 4 is 11.0 Å². The third-order valence-electron chi connectivity index (χ3n) is 10.8. The van der Waals surface area contributed by atoms with Crippen molar-refractivity contribution < 1.29 is 0 Å². The number of allylic oxidation sites excluding steroid dienone is 4. The molecule has 8 aromatic rings. The molecule has 6 aromatic carbocycles. The average Bonchev–Trinajstić information content (AvgIpc) is 3.75. The van der Waals surface area contributed by atoms with Crippen LogP contribution in [0.3, 0.4) is 0 Å². The van der Waals surface area contributed by atoms with Gasteiger partial charge in [0.1, 0.15) is 17.1 Å². The monoisotopic (exact) mass is 681 g/mol. The van der Waals surface area contributed by atoms with Crippen LogP contribution >= 0.6 is 0 Å². The van der Waals surface area contributed by atoms with E-state index < -0.39 is 5.41 Å². The first-order valence-electron chi connectivity index (χ1n) is 18.1. The predicted octanol–water partition coefficient (Wildman–Crippen LogP) is 10.7. The summed E-state index contributed by atoms with van der Waals surface area (Å²) < 4.78 is 2.36. The molecule has 2 aromatic heterocycles. The zero-order chi connectivity index (χ0) is 35.4. The molecule has 0 radical (unpaired) electrons. The van der Waals surface area contributed by atoms with Gasteiger partial charge in [-0.05, 0) is 65.4 Å². The van der Waals surface area contributed by atoms with E-state index >= 15 is 0 Å². The van der Waals surface area contributed by atoms with Crippen molar-refractivity contribution in [2.24, 2.45) is 0 Å². The largest absolute Gasteiger partial charge is 0.295 e. The molecule has 252 valence electrons. The van der Waals surface area contributed by atoms with Gasteiger partial charge in [0.2, 0.25) is 0 Å². The Morgan fingerprint density at radius 2 is 1.15 bits per heavy atom. The molecule has 2 aliphatic rings. The number of hydrogen-bond donors (Lipinski definition) is 0. The molecule has 0 saturated heterocycles. The summed E-state index contributed by atoms with van der Waals surface area (Å²) in [5.41, 5.74) is 9.99. The zero-order valence-electron chi connectivity index (χ0n) is 29.3. The summed E-state index contributed by atoms with van der Waals surface area (Å²) in [7, 11) is 0. The first kappa shape index (κ1) is 31.1. The molecule has 53 heavy (non-hydrogen) atoms. The highest BCUT2D eigenvalue weighted by molar-refractivity contribution is 5.88. The molecular weight excluding hydrogens is 647 g/mol. The van der Waals surface area contributed by atoms with E-state index in [0.717, 1.165) is 57.0 Å². The summed E-state index contributed by atoms with van der Waals surface area (Å²) in [4.78, 5) is 20.7. The molecule has 0 spiro atoms. The Labute approximate surface area is 308 Å². The molecule has 1 aliphatic heterocycles. The smallest absolute Gasteiger partial charge is 0.163 e. The number of hydrogen-bond acceptors (Lipinski definition) is 4. The number of nitrogens with zero attached hydrogens (tertiary/aromatic N) is 5. The molecule has 1 unspecified atom stereocenters. The lowest BCUT2D eigenvalue weighted by Gasteiger charge is -2.30. The molecule has 5 nitrogen and oxygen atoms in total. The molecule has 10 rings (SSSR count). The van der Waals surface area contributed by atoms with Gasteiger partial charge in [-0.15, -0.1) is 0 Å². The van der Waals surface area contributed by atoms with Gasteiger partial charge in [0.15, 0.2) is 11.6 Å². The van der Waals surface area contributed by atoms with E-state index in [9.17, 15) is 0 Å². The van der Waals surface area contributed by atoms with Crippen LogP contribution in [-0.4, -0.2) is 24.5 Å². The number of para-hydroxylation sites is 1. The molecule has 1 aliphatic carbocycles. The Balaban J connectivity index is 1.12. The fourth-order valence-electron chi connectivity index (χ4n) is 8.18. The fourth-order valence-corrected chi connectivity index (χ4v) is 8.18. The van der Waals surface area contributed by atoms with E-state index in [1.807, 2.05) is 18.2 Å². The normalized spacial score (nSPS) is 16.8. The first-order chi connectivity index (χ1) is 26.1. The maximum Gasteiger partial charge on any atom is 0.163 e. The Morgan fingerprint density at radius 3 is 1.87 bits per heavy atom. The van der Waals surface area contributed by atoms with Crippen LogP contribution in [0.2, 0.25) is 0 Å². The minimum atomic E-state index is -0.564. The Hall–Kier alpha value is -6.72. The van der Waals surface area contributed by atoms with E-state index in [0.29, 0.717) is 11.6 Å². The van der Waals surface area contributed by atoms with Crippen molar-refractivity contribution in [2.75, 3.05) is 0 Å². The van der Waals surface area contributed by atoms with Crippen LogP contribution < -0.4 is 0 Å². The summed E-state index contributed by atoms with van der Waals surface area (Å²) in [5.74, 6) is 3.11. The number of rotatable bonds is 6. The van der Waals surface area contributed by atoms with Gasteiger partial charge in [-0.3, -0.25) is 4.57 Å². The van der Waals surface area contributed by atoms with Crippen LogP contribution in [-0.2, 0) is 10.8 Å². The Bertz CT molecular complexity index is 2670. The van der Waals surface area contributed by atoms with Crippen LogP contribution in [0.5, 0.6) is 0 Å². The second kappa shape index (κ2) is 12.2. The van der Waals surface area contributed by atoms with Crippen molar-refractivity contribution in [3.63, 3.8) is 0 Å². The third-order valence-corrected chi connectivity index (χ3v) is 10.8. The maximum absolute atomic E-state index is 5.52. The van der Waals surface area contributed by atoms with Gasteiger partial charge in [0, 0.05) is 16.5 Å². The quantitative estimate of drug-likeness (QED) is 0.175. The first-order valence-corrected chi connectivity index (χ1v) is 18.1. The van der Waals surface area contributed by atoms with E-state index in [2.05, 4.69) is 175 Å². The summed E-state index contributed by atoms with van der Waals surface area (Å²) >= 11 is 0. The topological polar surface area (TPSA) is 56.5 Å². The van der Waals surface area contributed by atoms with Crippen LogP contribution in [0.15, 0.2) is 182 Å². The van der Waals surface area contributed by atoms with Crippen LogP contribution in [0.4, 0.5) is 0 Å². The van der Waals surface area contributed by atoms with Crippen LogP contribution in [0, 0.1) is 0 Å². The van der Waals surface area contributed by atoms with Gasteiger partial charge in [-0.2, -0.15) is 0 Å². The van der Waals surface area contributed by atoms with Gasteiger partial charge < -0.3 is 0 Å². The number of imidazole rings is 1. The minimum absolute atomic E-state index is 0.326. The standard InChI is InChI=1S/C48H35N5/c1-47(29-14-5-15-30-47)45-51-43(33-17-6-2-7-18-33)50-44(52-45)36-20-16-19-34(31-36)35-27-28-42-40(32-35)49-46-48(37-21-8-3-9-22-37,38-23-10-4-11-24-38)39-25-12-13-26-41(39)53(42)46/h2-29,31-32H,30H2,1H3. The molecule has 0 amide bonds. The maximum atomic E-state index is 5.52. The van der Waals surface area contributed by atoms with Crippen molar-refractivity contribution in [3.05, 3.63) is 210 Å². The lowest BCUT2D eigenvalue weighted by atomic mass is 9.70. The Kier molecular flexibility index (Phi) is 7.15. The highest BCUT2D eigenvalue weighted by atomic mass is 15.1. The molecule has 0 saturated carbocycles. The summed E-state index contributed by atoms with van der Waals surface area (Å²) in [6.07, 6.45) is 9.36. The van der Waals surface area contributed by atoms with Gasteiger partial charge in [0.05, 0.1) is 16.7 Å². The molecule has 5 heteroatoms. The third kappa shape index (κ3) is 4.92. The second-order valence-corrected chi connectivity index (χ2v) is 14.1. The summed E-state index contributed by atoms with van der Waals surface area (Å²) in [6, 6.07) is 55.6. The summed E-state index contributed by atoms with van der Waals surface area (Å²) in [6.45, 7) is 2.19. The highest BCUT2D eigenvalue weighted by Crippen LogP contribution is 2.52.